The SMILES string of the molecule is Cc1sc(N=Cc2c(O)ccc3oc4c(c23)CCCC4)c(C#N)c1C. The van der Waals surface area contributed by atoms with Gasteiger partial charge in [0.1, 0.15) is 28.2 Å². The third-order valence-electron chi connectivity index (χ3n) is 4.93. The molecule has 25 heavy (non-hydrogen) atoms. The van der Waals surface area contributed by atoms with Crippen LogP contribution in [-0.2, 0) is 12.8 Å². The van der Waals surface area contributed by atoms with Crippen LogP contribution in [0.4, 0.5) is 5.00 Å². The zero-order chi connectivity index (χ0) is 17.6. The molecule has 0 bridgehead atoms. The van der Waals surface area contributed by atoms with Crippen molar-refractivity contribution in [3.8, 4) is 11.8 Å². The van der Waals surface area contributed by atoms with Gasteiger partial charge in [0.15, 0.2) is 0 Å². The highest BCUT2D eigenvalue weighted by molar-refractivity contribution is 7.16. The summed E-state index contributed by atoms with van der Waals surface area (Å²) in [6.45, 7) is 3.93. The zero-order valence-corrected chi connectivity index (χ0v) is 15.0. The highest BCUT2D eigenvalue weighted by atomic mass is 32.1. The van der Waals surface area contributed by atoms with Crippen molar-refractivity contribution in [2.75, 3.05) is 0 Å². The molecule has 0 spiro atoms. The summed E-state index contributed by atoms with van der Waals surface area (Å²) >= 11 is 1.50. The van der Waals surface area contributed by atoms with Crippen LogP contribution in [0.1, 0.15) is 45.7 Å². The fraction of sp³-hybridized carbons (Fsp3) is 0.300. The monoisotopic (exact) mass is 350 g/mol. The Balaban J connectivity index is 1.87. The number of phenolic OH excluding ortho intramolecular Hbond substituents is 1. The summed E-state index contributed by atoms with van der Waals surface area (Å²) in [6.07, 6.45) is 5.86. The van der Waals surface area contributed by atoms with Crippen molar-refractivity contribution < 1.29 is 9.52 Å². The zero-order valence-electron chi connectivity index (χ0n) is 14.2. The molecule has 0 unspecified atom stereocenters. The molecular weight excluding hydrogens is 332 g/mol. The van der Waals surface area contributed by atoms with Gasteiger partial charge in [-0.2, -0.15) is 5.26 Å². The molecule has 3 aromatic rings. The Hall–Kier alpha value is -2.58. The van der Waals surface area contributed by atoms with Gasteiger partial charge in [-0.25, -0.2) is 4.99 Å². The normalized spacial score (nSPS) is 14.1. The number of nitrogens with zero attached hydrogens (tertiary/aromatic N) is 2. The Labute approximate surface area is 150 Å². The third kappa shape index (κ3) is 2.54. The van der Waals surface area contributed by atoms with Gasteiger partial charge in [0.2, 0.25) is 0 Å². The Bertz CT molecular complexity index is 1050. The van der Waals surface area contributed by atoms with E-state index < -0.39 is 0 Å². The predicted octanol–water partition coefficient (Wildman–Crippen LogP) is 5.32. The van der Waals surface area contributed by atoms with Crippen molar-refractivity contribution in [1.82, 2.24) is 0 Å². The van der Waals surface area contributed by atoms with Crippen LogP contribution in [0, 0.1) is 25.2 Å². The maximum Gasteiger partial charge on any atom is 0.135 e. The average Bonchev–Trinajstić information content (AvgIpc) is 3.12. The second-order valence-electron chi connectivity index (χ2n) is 6.42. The van der Waals surface area contributed by atoms with Gasteiger partial charge in [-0.3, -0.25) is 0 Å². The van der Waals surface area contributed by atoms with Gasteiger partial charge in [0.05, 0.1) is 5.56 Å². The van der Waals surface area contributed by atoms with Crippen LogP contribution < -0.4 is 0 Å². The van der Waals surface area contributed by atoms with Crippen molar-refractivity contribution in [3.05, 3.63) is 45.0 Å². The van der Waals surface area contributed by atoms with E-state index in [0.717, 1.165) is 52.9 Å². The largest absolute Gasteiger partial charge is 0.507 e. The van der Waals surface area contributed by atoms with Crippen molar-refractivity contribution in [2.45, 2.75) is 39.5 Å². The molecule has 1 N–H and O–H groups in total. The Kier molecular flexibility index (Phi) is 3.85. The van der Waals surface area contributed by atoms with E-state index in [1.165, 1.54) is 16.9 Å². The first-order valence-corrected chi connectivity index (χ1v) is 9.22. The molecule has 0 atom stereocenters. The number of benzene rings is 1. The lowest BCUT2D eigenvalue weighted by Gasteiger charge is -2.09. The molecule has 1 aromatic carbocycles. The maximum atomic E-state index is 10.4. The van der Waals surface area contributed by atoms with E-state index in [9.17, 15) is 10.4 Å². The van der Waals surface area contributed by atoms with E-state index >= 15 is 0 Å². The Morgan fingerprint density at radius 2 is 2.08 bits per heavy atom. The summed E-state index contributed by atoms with van der Waals surface area (Å²) in [5.41, 5.74) is 4.25. The number of thiophene rings is 1. The number of rotatable bonds is 2. The van der Waals surface area contributed by atoms with E-state index in [1.807, 2.05) is 19.9 Å². The second kappa shape index (κ2) is 6.05. The van der Waals surface area contributed by atoms with E-state index in [2.05, 4.69) is 11.1 Å². The van der Waals surface area contributed by atoms with E-state index in [-0.39, 0.29) is 5.75 Å². The predicted molar refractivity (Wildman–Crippen MR) is 100 cm³/mol. The van der Waals surface area contributed by atoms with Gasteiger partial charge in [0, 0.05) is 34.0 Å². The van der Waals surface area contributed by atoms with Gasteiger partial charge in [-0.1, -0.05) is 0 Å². The van der Waals surface area contributed by atoms with Crippen LogP contribution in [0.15, 0.2) is 21.5 Å². The van der Waals surface area contributed by atoms with Crippen LogP contribution in [0.3, 0.4) is 0 Å². The van der Waals surface area contributed by atoms with E-state index in [0.29, 0.717) is 16.1 Å². The molecule has 4 nitrogen and oxygen atoms in total. The molecule has 0 aliphatic heterocycles. The van der Waals surface area contributed by atoms with Crippen molar-refractivity contribution in [2.24, 2.45) is 4.99 Å². The fourth-order valence-electron chi connectivity index (χ4n) is 3.46. The lowest BCUT2D eigenvalue weighted by molar-refractivity contribution is 0.474. The molecular formula is C20H18N2O2S. The minimum Gasteiger partial charge on any atom is -0.507 e. The summed E-state index contributed by atoms with van der Waals surface area (Å²) in [4.78, 5) is 5.63. The van der Waals surface area contributed by atoms with Gasteiger partial charge >= 0.3 is 0 Å². The van der Waals surface area contributed by atoms with Crippen LogP contribution in [0.5, 0.6) is 5.75 Å². The summed E-state index contributed by atoms with van der Waals surface area (Å²) < 4.78 is 5.98. The molecule has 4 rings (SSSR count). The van der Waals surface area contributed by atoms with Crippen molar-refractivity contribution in [1.29, 1.82) is 5.26 Å². The molecule has 0 radical (unpaired) electrons. The molecule has 2 aromatic heterocycles. The third-order valence-corrected chi connectivity index (χ3v) is 6.04. The fourth-order valence-corrected chi connectivity index (χ4v) is 4.41. The van der Waals surface area contributed by atoms with Gasteiger partial charge in [0.25, 0.3) is 0 Å². The average molecular weight is 350 g/mol. The lowest BCUT2D eigenvalue weighted by atomic mass is 9.94. The number of aromatic hydroxyl groups is 1. The summed E-state index contributed by atoms with van der Waals surface area (Å²) in [5, 5.41) is 21.4. The first-order valence-electron chi connectivity index (χ1n) is 8.40. The lowest BCUT2D eigenvalue weighted by Crippen LogP contribution is -1.99. The number of aliphatic imine (C=N–C) groups is 1. The Morgan fingerprint density at radius 3 is 2.88 bits per heavy atom. The molecule has 1 aliphatic carbocycles. The summed E-state index contributed by atoms with van der Waals surface area (Å²) in [5.74, 6) is 1.22. The molecule has 0 saturated carbocycles. The first-order chi connectivity index (χ1) is 12.1. The molecule has 2 heterocycles. The van der Waals surface area contributed by atoms with Gasteiger partial charge < -0.3 is 9.52 Å². The van der Waals surface area contributed by atoms with Gasteiger partial charge in [-0.15, -0.1) is 11.3 Å². The maximum absolute atomic E-state index is 10.4. The highest BCUT2D eigenvalue weighted by Gasteiger charge is 2.21. The second-order valence-corrected chi connectivity index (χ2v) is 7.62. The van der Waals surface area contributed by atoms with Crippen molar-refractivity contribution in [3.63, 3.8) is 0 Å². The first kappa shape index (κ1) is 15.9. The van der Waals surface area contributed by atoms with Crippen LogP contribution in [0.2, 0.25) is 0 Å². The van der Waals surface area contributed by atoms with Crippen LogP contribution in [-0.4, -0.2) is 11.3 Å². The minimum atomic E-state index is 0.189. The molecule has 0 saturated heterocycles. The number of furan rings is 1. The number of phenols is 1. The molecule has 1 aliphatic rings. The summed E-state index contributed by atoms with van der Waals surface area (Å²) in [6, 6.07) is 5.70. The topological polar surface area (TPSA) is 69.5 Å². The number of hydrogen-bond acceptors (Lipinski definition) is 5. The van der Waals surface area contributed by atoms with Gasteiger partial charge in [-0.05, 0) is 50.8 Å². The van der Waals surface area contributed by atoms with Crippen molar-refractivity contribution >= 4 is 33.5 Å². The van der Waals surface area contributed by atoms with Crippen LogP contribution >= 0.6 is 11.3 Å². The number of aryl methyl sites for hydroxylation is 3. The van der Waals surface area contributed by atoms with E-state index in [4.69, 9.17) is 4.42 Å². The highest BCUT2D eigenvalue weighted by Crippen LogP contribution is 2.38. The minimum absolute atomic E-state index is 0.189. The quantitative estimate of drug-likeness (QED) is 0.636. The smallest absolute Gasteiger partial charge is 0.135 e. The molecule has 0 fully saturated rings. The number of hydrogen-bond donors (Lipinski definition) is 1. The number of fused-ring (bicyclic) bond motifs is 3. The molecule has 126 valence electrons. The number of nitriles is 1. The standard InChI is InChI=1S/C20H18N2O2S/c1-11-12(2)25-20(14(11)9-21)22-10-15-16(23)7-8-18-19(15)13-5-3-4-6-17(13)24-18/h7-8,10,23H,3-6H2,1-2H3. The van der Waals surface area contributed by atoms with Crippen LogP contribution in [0.25, 0.3) is 11.0 Å². The Morgan fingerprint density at radius 1 is 1.28 bits per heavy atom. The molecule has 0 amide bonds. The van der Waals surface area contributed by atoms with E-state index in [1.54, 1.807) is 12.3 Å². The molecule has 5 heteroatoms. The summed E-state index contributed by atoms with van der Waals surface area (Å²) in [7, 11) is 0.